The van der Waals surface area contributed by atoms with Crippen LogP contribution in [0.4, 0.5) is 0 Å². The van der Waals surface area contributed by atoms with E-state index in [1.54, 1.807) is 0 Å². The van der Waals surface area contributed by atoms with Crippen molar-refractivity contribution in [1.29, 1.82) is 0 Å². The first-order valence-electron chi connectivity index (χ1n) is 5.71. The number of nitrogens with two attached hydrogens (primary N) is 1. The molecule has 1 atom stereocenters. The Kier molecular flexibility index (Phi) is 3.87. The van der Waals surface area contributed by atoms with Crippen LogP contribution >= 0.6 is 0 Å². The summed E-state index contributed by atoms with van der Waals surface area (Å²) in [5, 5.41) is 0. The van der Waals surface area contributed by atoms with Gasteiger partial charge in [-0.3, -0.25) is 4.79 Å². The van der Waals surface area contributed by atoms with Gasteiger partial charge in [0.05, 0.1) is 0 Å². The fourth-order valence-corrected chi connectivity index (χ4v) is 1.53. The van der Waals surface area contributed by atoms with E-state index in [-0.39, 0.29) is 11.2 Å². The van der Waals surface area contributed by atoms with Crippen LogP contribution in [0.3, 0.4) is 0 Å². The minimum Gasteiger partial charge on any atom is -0.330 e. The normalized spacial score (nSPS) is 13.6. The van der Waals surface area contributed by atoms with Crippen LogP contribution in [0.5, 0.6) is 0 Å². The van der Waals surface area contributed by atoms with Crippen molar-refractivity contribution in [2.75, 3.05) is 6.54 Å². The summed E-state index contributed by atoms with van der Waals surface area (Å²) < 4.78 is 0. The SMILES string of the molecule is CC(CN)c1ccc(C(=O)C(C)(C)C)cc1. The van der Waals surface area contributed by atoms with Gasteiger partial charge in [-0.15, -0.1) is 0 Å². The maximum absolute atomic E-state index is 12.0. The van der Waals surface area contributed by atoms with Gasteiger partial charge in [0, 0.05) is 11.0 Å². The van der Waals surface area contributed by atoms with Crippen LogP contribution in [-0.2, 0) is 0 Å². The van der Waals surface area contributed by atoms with E-state index in [1.807, 2.05) is 45.0 Å². The van der Waals surface area contributed by atoms with Gasteiger partial charge in [0.1, 0.15) is 0 Å². The molecule has 2 nitrogen and oxygen atoms in total. The molecule has 0 spiro atoms. The predicted molar refractivity (Wildman–Crippen MR) is 67.7 cm³/mol. The number of ketones is 1. The Labute approximate surface area is 97.9 Å². The number of Topliss-reactive ketones (excluding diaryl/α,β-unsaturated/α-hetero) is 1. The van der Waals surface area contributed by atoms with E-state index in [0.29, 0.717) is 12.5 Å². The van der Waals surface area contributed by atoms with E-state index in [2.05, 4.69) is 6.92 Å². The van der Waals surface area contributed by atoms with E-state index in [4.69, 9.17) is 5.73 Å². The average molecular weight is 219 g/mol. The second-order valence-electron chi connectivity index (χ2n) is 5.34. The summed E-state index contributed by atoms with van der Waals surface area (Å²) >= 11 is 0. The Morgan fingerprint density at radius 1 is 1.25 bits per heavy atom. The van der Waals surface area contributed by atoms with Gasteiger partial charge < -0.3 is 5.73 Å². The smallest absolute Gasteiger partial charge is 0.168 e. The fraction of sp³-hybridized carbons (Fsp3) is 0.500. The number of hydrogen-bond acceptors (Lipinski definition) is 2. The summed E-state index contributed by atoms with van der Waals surface area (Å²) in [6.07, 6.45) is 0. The van der Waals surface area contributed by atoms with Gasteiger partial charge in [0.25, 0.3) is 0 Å². The van der Waals surface area contributed by atoms with Gasteiger partial charge in [-0.2, -0.15) is 0 Å². The third kappa shape index (κ3) is 2.92. The van der Waals surface area contributed by atoms with Crippen molar-refractivity contribution in [3.05, 3.63) is 35.4 Å². The lowest BCUT2D eigenvalue weighted by molar-refractivity contribution is 0.0858. The maximum Gasteiger partial charge on any atom is 0.168 e. The van der Waals surface area contributed by atoms with Crippen LogP contribution in [0, 0.1) is 5.41 Å². The number of benzene rings is 1. The number of carbonyl (C=O) groups is 1. The molecule has 2 N–H and O–H groups in total. The highest BCUT2D eigenvalue weighted by molar-refractivity contribution is 5.99. The van der Waals surface area contributed by atoms with E-state index >= 15 is 0 Å². The van der Waals surface area contributed by atoms with Gasteiger partial charge in [-0.25, -0.2) is 0 Å². The molecule has 1 aromatic rings. The van der Waals surface area contributed by atoms with E-state index in [0.717, 1.165) is 5.56 Å². The van der Waals surface area contributed by atoms with Crippen molar-refractivity contribution in [1.82, 2.24) is 0 Å². The molecule has 0 heterocycles. The van der Waals surface area contributed by atoms with Crippen molar-refractivity contribution in [3.8, 4) is 0 Å². The molecule has 0 radical (unpaired) electrons. The molecule has 0 aliphatic carbocycles. The maximum atomic E-state index is 12.0. The first-order chi connectivity index (χ1) is 7.36. The van der Waals surface area contributed by atoms with Crippen molar-refractivity contribution in [3.63, 3.8) is 0 Å². The molecule has 0 aliphatic heterocycles. The summed E-state index contributed by atoms with van der Waals surface area (Å²) in [6.45, 7) is 8.52. The Balaban J connectivity index is 2.91. The molecule has 0 bridgehead atoms. The van der Waals surface area contributed by atoms with Gasteiger partial charge in [0.2, 0.25) is 0 Å². The molecule has 0 fully saturated rings. The second-order valence-corrected chi connectivity index (χ2v) is 5.34. The number of rotatable bonds is 3. The minimum absolute atomic E-state index is 0.180. The average Bonchev–Trinajstić information content (AvgIpc) is 2.26. The highest BCUT2D eigenvalue weighted by atomic mass is 16.1. The van der Waals surface area contributed by atoms with E-state index in [1.165, 1.54) is 5.56 Å². The summed E-state index contributed by atoms with van der Waals surface area (Å²) in [5.41, 5.74) is 7.25. The van der Waals surface area contributed by atoms with Crippen molar-refractivity contribution in [2.24, 2.45) is 11.1 Å². The molecule has 1 rings (SSSR count). The minimum atomic E-state index is -0.318. The van der Waals surface area contributed by atoms with Gasteiger partial charge in [-0.05, 0) is 18.0 Å². The molecule has 0 aromatic heterocycles. The van der Waals surface area contributed by atoms with Crippen LogP contribution in [-0.4, -0.2) is 12.3 Å². The molecule has 0 amide bonds. The Morgan fingerprint density at radius 2 is 1.75 bits per heavy atom. The molecular formula is C14H21NO. The predicted octanol–water partition coefficient (Wildman–Crippen LogP) is 2.98. The fourth-order valence-electron chi connectivity index (χ4n) is 1.53. The van der Waals surface area contributed by atoms with Crippen LogP contribution < -0.4 is 5.73 Å². The van der Waals surface area contributed by atoms with Crippen LogP contribution in [0.15, 0.2) is 24.3 Å². The zero-order valence-electron chi connectivity index (χ0n) is 10.6. The molecule has 16 heavy (non-hydrogen) atoms. The zero-order chi connectivity index (χ0) is 12.3. The van der Waals surface area contributed by atoms with Crippen LogP contribution in [0.2, 0.25) is 0 Å². The Morgan fingerprint density at radius 3 is 2.12 bits per heavy atom. The van der Waals surface area contributed by atoms with Crippen LogP contribution in [0.1, 0.15) is 49.5 Å². The van der Waals surface area contributed by atoms with Gasteiger partial charge >= 0.3 is 0 Å². The monoisotopic (exact) mass is 219 g/mol. The first-order valence-corrected chi connectivity index (χ1v) is 5.71. The summed E-state index contributed by atoms with van der Waals surface area (Å²) in [4.78, 5) is 12.0. The zero-order valence-corrected chi connectivity index (χ0v) is 10.6. The topological polar surface area (TPSA) is 43.1 Å². The van der Waals surface area contributed by atoms with E-state index < -0.39 is 0 Å². The lowest BCUT2D eigenvalue weighted by atomic mass is 9.86. The number of carbonyl (C=O) groups excluding carboxylic acids is 1. The lowest BCUT2D eigenvalue weighted by Crippen LogP contribution is -2.20. The molecule has 88 valence electrons. The summed E-state index contributed by atoms with van der Waals surface area (Å²) in [5.74, 6) is 0.526. The third-order valence-corrected chi connectivity index (χ3v) is 2.78. The molecular weight excluding hydrogens is 198 g/mol. The third-order valence-electron chi connectivity index (χ3n) is 2.78. The van der Waals surface area contributed by atoms with Crippen molar-refractivity contribution < 1.29 is 4.79 Å². The number of hydrogen-bond donors (Lipinski definition) is 1. The first kappa shape index (κ1) is 12.9. The molecule has 0 saturated heterocycles. The molecule has 0 saturated carbocycles. The van der Waals surface area contributed by atoms with Crippen molar-refractivity contribution in [2.45, 2.75) is 33.6 Å². The standard InChI is InChI=1S/C14H21NO/c1-10(9-15)11-5-7-12(8-6-11)13(16)14(2,3)4/h5-8,10H,9,15H2,1-4H3. The summed E-state index contributed by atoms with van der Waals surface area (Å²) in [7, 11) is 0. The Hall–Kier alpha value is -1.15. The van der Waals surface area contributed by atoms with E-state index in [9.17, 15) is 4.79 Å². The largest absolute Gasteiger partial charge is 0.330 e. The highest BCUT2D eigenvalue weighted by Crippen LogP contribution is 2.22. The molecule has 1 aromatic carbocycles. The molecule has 1 unspecified atom stereocenters. The lowest BCUT2D eigenvalue weighted by Gasteiger charge is -2.17. The quantitative estimate of drug-likeness (QED) is 0.794. The van der Waals surface area contributed by atoms with Gasteiger partial charge in [0.15, 0.2) is 5.78 Å². The van der Waals surface area contributed by atoms with Crippen molar-refractivity contribution >= 4 is 5.78 Å². The summed E-state index contributed by atoms with van der Waals surface area (Å²) in [6, 6.07) is 7.79. The molecule has 0 aliphatic rings. The van der Waals surface area contributed by atoms with Crippen LogP contribution in [0.25, 0.3) is 0 Å². The second kappa shape index (κ2) is 4.79. The Bertz CT molecular complexity index is 359. The highest BCUT2D eigenvalue weighted by Gasteiger charge is 2.22. The van der Waals surface area contributed by atoms with Gasteiger partial charge in [-0.1, -0.05) is 52.0 Å². The molecule has 2 heteroatoms.